The normalized spacial score (nSPS) is 15.9. The lowest BCUT2D eigenvalue weighted by Crippen LogP contribution is -2.46. The maximum absolute atomic E-state index is 5.65. The number of rotatable bonds is 8. The Labute approximate surface area is 195 Å². The van der Waals surface area contributed by atoms with E-state index in [1.54, 1.807) is 6.26 Å². The van der Waals surface area contributed by atoms with Gasteiger partial charge in [-0.15, -0.1) is 0 Å². The van der Waals surface area contributed by atoms with E-state index < -0.39 is 0 Å². The maximum Gasteiger partial charge on any atom is 0.226 e. The van der Waals surface area contributed by atoms with Crippen molar-refractivity contribution in [3.63, 3.8) is 0 Å². The molecule has 2 aromatic carbocycles. The summed E-state index contributed by atoms with van der Waals surface area (Å²) in [5.74, 6) is 1.39. The summed E-state index contributed by atoms with van der Waals surface area (Å²) in [7, 11) is 0. The summed E-state index contributed by atoms with van der Waals surface area (Å²) in [5, 5.41) is 6.89. The van der Waals surface area contributed by atoms with E-state index >= 15 is 0 Å². The van der Waals surface area contributed by atoms with Gasteiger partial charge in [-0.05, 0) is 31.5 Å². The Kier molecular flexibility index (Phi) is 8.11. The zero-order chi connectivity index (χ0) is 22.9. The molecule has 2 N–H and O–H groups in total. The molecule has 3 aromatic rings. The van der Waals surface area contributed by atoms with Crippen LogP contribution in [-0.2, 0) is 11.3 Å². The number of guanidine groups is 1. The number of benzene rings is 2. The van der Waals surface area contributed by atoms with Crippen LogP contribution < -0.4 is 10.6 Å². The van der Waals surface area contributed by atoms with Crippen molar-refractivity contribution in [2.24, 2.45) is 4.99 Å². The van der Waals surface area contributed by atoms with Crippen LogP contribution in [0.1, 0.15) is 29.8 Å². The molecule has 0 amide bonds. The van der Waals surface area contributed by atoms with Gasteiger partial charge in [0.05, 0.1) is 25.8 Å². The second kappa shape index (κ2) is 11.6. The molecule has 1 aliphatic rings. The molecule has 0 spiro atoms. The number of nitrogens with zero attached hydrogens (tertiary/aromatic N) is 3. The summed E-state index contributed by atoms with van der Waals surface area (Å²) in [6, 6.07) is 18.9. The van der Waals surface area contributed by atoms with Crippen molar-refractivity contribution in [3.8, 4) is 11.5 Å². The fourth-order valence-corrected chi connectivity index (χ4v) is 4.01. The molecule has 0 saturated carbocycles. The van der Waals surface area contributed by atoms with Crippen molar-refractivity contribution in [3.05, 3.63) is 77.7 Å². The molecule has 0 bridgehead atoms. The molecular weight excluding hydrogens is 414 g/mol. The minimum Gasteiger partial charge on any atom is -0.444 e. The molecule has 0 aliphatic carbocycles. The highest BCUT2D eigenvalue weighted by atomic mass is 16.5. The first-order valence-electron chi connectivity index (χ1n) is 11.6. The lowest BCUT2D eigenvalue weighted by atomic mass is 10.0. The van der Waals surface area contributed by atoms with Gasteiger partial charge >= 0.3 is 0 Å². The maximum atomic E-state index is 5.65. The molecule has 33 heavy (non-hydrogen) atoms. The van der Waals surface area contributed by atoms with Crippen LogP contribution >= 0.6 is 0 Å². The number of morpholine rings is 1. The van der Waals surface area contributed by atoms with E-state index in [0.29, 0.717) is 12.4 Å². The Balaban J connectivity index is 1.44. The van der Waals surface area contributed by atoms with Crippen LogP contribution in [0.25, 0.3) is 11.5 Å². The minimum atomic E-state index is 0.245. The number of hydrogen-bond acceptors (Lipinski definition) is 5. The average Bonchev–Trinajstić information content (AvgIpc) is 3.33. The van der Waals surface area contributed by atoms with Crippen LogP contribution in [0.5, 0.6) is 0 Å². The zero-order valence-corrected chi connectivity index (χ0v) is 19.5. The third kappa shape index (κ3) is 6.43. The molecule has 1 saturated heterocycles. The summed E-state index contributed by atoms with van der Waals surface area (Å²) >= 11 is 0. The SMILES string of the molecule is CCNC(=NCc1coc(-c2ccccc2)n1)NCC(c1cccc(C)c1)N1CCOCC1. The lowest BCUT2D eigenvalue weighted by Gasteiger charge is -2.35. The van der Waals surface area contributed by atoms with E-state index in [1.165, 1.54) is 11.1 Å². The van der Waals surface area contributed by atoms with Gasteiger partial charge < -0.3 is 19.8 Å². The molecule has 4 rings (SSSR count). The summed E-state index contributed by atoms with van der Waals surface area (Å²) in [6.07, 6.45) is 1.68. The van der Waals surface area contributed by atoms with E-state index in [0.717, 1.165) is 56.6 Å². The van der Waals surface area contributed by atoms with Gasteiger partial charge in [-0.1, -0.05) is 48.0 Å². The van der Waals surface area contributed by atoms with Crippen molar-refractivity contribution in [1.29, 1.82) is 0 Å². The van der Waals surface area contributed by atoms with E-state index in [2.05, 4.69) is 58.6 Å². The van der Waals surface area contributed by atoms with E-state index in [1.807, 2.05) is 30.3 Å². The van der Waals surface area contributed by atoms with Crippen LogP contribution in [0.4, 0.5) is 0 Å². The molecule has 1 aromatic heterocycles. The van der Waals surface area contributed by atoms with E-state index in [4.69, 9.17) is 14.1 Å². The topological polar surface area (TPSA) is 74.9 Å². The Hall–Kier alpha value is -3.16. The Bertz CT molecular complexity index is 1030. The molecule has 0 radical (unpaired) electrons. The third-order valence-electron chi connectivity index (χ3n) is 5.69. The first-order chi connectivity index (χ1) is 16.2. The monoisotopic (exact) mass is 447 g/mol. The molecule has 7 nitrogen and oxygen atoms in total. The molecule has 1 unspecified atom stereocenters. The fraction of sp³-hybridized carbons (Fsp3) is 0.385. The summed E-state index contributed by atoms with van der Waals surface area (Å²) in [4.78, 5) is 11.8. The van der Waals surface area contributed by atoms with Crippen LogP contribution in [0, 0.1) is 6.92 Å². The van der Waals surface area contributed by atoms with Crippen LogP contribution in [0.15, 0.2) is 70.3 Å². The number of aryl methyl sites for hydroxylation is 1. The van der Waals surface area contributed by atoms with Gasteiger partial charge in [0.2, 0.25) is 5.89 Å². The standard InChI is InChI=1S/C26H33N5O2/c1-3-27-26(28-17-23-19-33-25(30-23)21-9-5-4-6-10-21)29-18-24(31-12-14-32-15-13-31)22-11-7-8-20(2)16-22/h4-11,16,19,24H,3,12-15,17-18H2,1-2H3,(H2,27,28,29). The van der Waals surface area contributed by atoms with Gasteiger partial charge in [-0.3, -0.25) is 4.90 Å². The summed E-state index contributed by atoms with van der Waals surface area (Å²) < 4.78 is 11.2. The highest BCUT2D eigenvalue weighted by molar-refractivity contribution is 5.79. The Morgan fingerprint density at radius 1 is 1.09 bits per heavy atom. The van der Waals surface area contributed by atoms with Gasteiger partial charge in [-0.25, -0.2) is 9.98 Å². The highest BCUT2D eigenvalue weighted by Crippen LogP contribution is 2.22. The predicted octanol–water partition coefficient (Wildman–Crippen LogP) is 3.78. The zero-order valence-electron chi connectivity index (χ0n) is 19.5. The van der Waals surface area contributed by atoms with Crippen molar-refractivity contribution in [2.45, 2.75) is 26.4 Å². The number of aliphatic imine (C=N–C) groups is 1. The van der Waals surface area contributed by atoms with Gasteiger partial charge in [0.1, 0.15) is 12.0 Å². The van der Waals surface area contributed by atoms with Crippen molar-refractivity contribution < 1.29 is 9.15 Å². The fourth-order valence-electron chi connectivity index (χ4n) is 4.01. The summed E-state index contributed by atoms with van der Waals surface area (Å²) in [5.41, 5.74) is 4.34. The van der Waals surface area contributed by atoms with Gasteiger partial charge in [-0.2, -0.15) is 0 Å². The Morgan fingerprint density at radius 2 is 1.91 bits per heavy atom. The Morgan fingerprint density at radius 3 is 2.67 bits per heavy atom. The number of hydrogen-bond donors (Lipinski definition) is 2. The highest BCUT2D eigenvalue weighted by Gasteiger charge is 2.23. The van der Waals surface area contributed by atoms with Gasteiger partial charge in [0, 0.05) is 31.7 Å². The second-order valence-corrected chi connectivity index (χ2v) is 8.16. The molecule has 2 heterocycles. The van der Waals surface area contributed by atoms with Crippen molar-refractivity contribution in [1.82, 2.24) is 20.5 Å². The summed E-state index contributed by atoms with van der Waals surface area (Å²) in [6.45, 7) is 9.58. The van der Waals surface area contributed by atoms with Crippen LogP contribution in [0.2, 0.25) is 0 Å². The number of aromatic nitrogens is 1. The first kappa shape index (κ1) is 23.0. The third-order valence-corrected chi connectivity index (χ3v) is 5.69. The number of nitrogens with one attached hydrogen (secondary N) is 2. The van der Waals surface area contributed by atoms with Gasteiger partial charge in [0.15, 0.2) is 5.96 Å². The molecule has 1 aliphatic heterocycles. The quantitative estimate of drug-likeness (QED) is 0.404. The van der Waals surface area contributed by atoms with Crippen LogP contribution in [-0.4, -0.2) is 55.2 Å². The lowest BCUT2D eigenvalue weighted by molar-refractivity contribution is 0.0170. The molecule has 7 heteroatoms. The van der Waals surface area contributed by atoms with Crippen molar-refractivity contribution in [2.75, 3.05) is 39.4 Å². The van der Waals surface area contributed by atoms with Gasteiger partial charge in [0.25, 0.3) is 0 Å². The molecule has 1 atom stereocenters. The predicted molar refractivity (Wildman–Crippen MR) is 131 cm³/mol. The van der Waals surface area contributed by atoms with E-state index in [9.17, 15) is 0 Å². The first-order valence-corrected chi connectivity index (χ1v) is 11.6. The number of oxazole rings is 1. The van der Waals surface area contributed by atoms with E-state index in [-0.39, 0.29) is 6.04 Å². The average molecular weight is 448 g/mol. The molecule has 1 fully saturated rings. The number of ether oxygens (including phenoxy) is 1. The van der Waals surface area contributed by atoms with Crippen molar-refractivity contribution >= 4 is 5.96 Å². The minimum absolute atomic E-state index is 0.245. The second-order valence-electron chi connectivity index (χ2n) is 8.16. The molecular formula is C26H33N5O2. The largest absolute Gasteiger partial charge is 0.444 e. The van der Waals surface area contributed by atoms with Crippen LogP contribution in [0.3, 0.4) is 0 Å². The smallest absolute Gasteiger partial charge is 0.226 e. The molecule has 174 valence electrons.